The number of nitrogens with zero attached hydrogens (tertiary/aromatic N) is 1. The number of nitrogens with one attached hydrogen (secondary N) is 2. The summed E-state index contributed by atoms with van der Waals surface area (Å²) in [5.41, 5.74) is 0. The minimum absolute atomic E-state index is 0.0229. The molecule has 0 saturated carbocycles. The van der Waals surface area contributed by atoms with E-state index in [0.717, 1.165) is 13.1 Å². The molecule has 1 atom stereocenters. The normalized spacial score (nSPS) is 21.4. The Kier molecular flexibility index (Phi) is 4.69. The molecule has 5 nitrogen and oxygen atoms in total. The lowest BCUT2D eigenvalue weighted by Gasteiger charge is -2.13. The maximum Gasteiger partial charge on any atom is 0.317 e. The fourth-order valence-corrected chi connectivity index (χ4v) is 1.41. The van der Waals surface area contributed by atoms with Gasteiger partial charge in [0.25, 0.3) is 0 Å². The second kappa shape index (κ2) is 5.82. The van der Waals surface area contributed by atoms with Crippen molar-refractivity contribution in [3.63, 3.8) is 0 Å². The van der Waals surface area contributed by atoms with Gasteiger partial charge < -0.3 is 20.3 Å². The quantitative estimate of drug-likeness (QED) is 0.577. The number of hydrogen-bond donors (Lipinski definition) is 2. The molecule has 1 saturated heterocycles. The fourth-order valence-electron chi connectivity index (χ4n) is 1.41. The van der Waals surface area contributed by atoms with Gasteiger partial charge in [-0.05, 0) is 14.0 Å². The molecule has 1 fully saturated rings. The second-order valence-corrected chi connectivity index (χ2v) is 3.51. The van der Waals surface area contributed by atoms with Crippen LogP contribution in [0, 0.1) is 0 Å². The van der Waals surface area contributed by atoms with Crippen molar-refractivity contribution in [1.82, 2.24) is 15.5 Å². The largest absolute Gasteiger partial charge is 0.378 e. The number of rotatable bonds is 6. The van der Waals surface area contributed by atoms with Crippen molar-refractivity contribution in [2.24, 2.45) is 0 Å². The summed E-state index contributed by atoms with van der Waals surface area (Å²) < 4.78 is 5.34. The molecule has 1 heterocycles. The van der Waals surface area contributed by atoms with Crippen molar-refractivity contribution in [3.05, 3.63) is 0 Å². The molecule has 1 aliphatic rings. The summed E-state index contributed by atoms with van der Waals surface area (Å²) in [6, 6.07) is 0.287. The summed E-state index contributed by atoms with van der Waals surface area (Å²) in [4.78, 5) is 13.0. The summed E-state index contributed by atoms with van der Waals surface area (Å²) in [5, 5.41) is 5.83. The molecule has 1 aliphatic heterocycles. The van der Waals surface area contributed by atoms with Crippen LogP contribution in [0.5, 0.6) is 0 Å². The van der Waals surface area contributed by atoms with E-state index in [1.165, 1.54) is 0 Å². The highest BCUT2D eigenvalue weighted by atomic mass is 16.5. The van der Waals surface area contributed by atoms with Gasteiger partial charge in [-0.25, -0.2) is 4.79 Å². The van der Waals surface area contributed by atoms with Crippen LogP contribution in [0.25, 0.3) is 0 Å². The van der Waals surface area contributed by atoms with E-state index in [0.29, 0.717) is 19.8 Å². The molecular formula is C9H19N3O2. The van der Waals surface area contributed by atoms with Crippen LogP contribution in [0.2, 0.25) is 0 Å². The van der Waals surface area contributed by atoms with Gasteiger partial charge in [0.05, 0.1) is 13.2 Å². The first-order valence-corrected chi connectivity index (χ1v) is 5.02. The number of urea groups is 1. The lowest BCUT2D eigenvalue weighted by molar-refractivity contribution is 0.118. The van der Waals surface area contributed by atoms with Crippen LogP contribution in [-0.4, -0.2) is 56.9 Å². The molecule has 1 rings (SSSR count). The Balaban J connectivity index is 2.04. The Morgan fingerprint density at radius 3 is 3.00 bits per heavy atom. The minimum atomic E-state index is 0.0229. The van der Waals surface area contributed by atoms with Gasteiger partial charge in [-0.1, -0.05) is 0 Å². The lowest BCUT2D eigenvalue weighted by atomic mass is 10.4. The van der Waals surface area contributed by atoms with Crippen LogP contribution >= 0.6 is 0 Å². The monoisotopic (exact) mass is 201 g/mol. The highest BCUT2D eigenvalue weighted by Crippen LogP contribution is 2.01. The van der Waals surface area contributed by atoms with Gasteiger partial charge in [0.1, 0.15) is 0 Å². The highest BCUT2D eigenvalue weighted by Gasteiger charge is 2.24. The van der Waals surface area contributed by atoms with Crippen molar-refractivity contribution in [2.75, 3.05) is 39.9 Å². The zero-order valence-corrected chi connectivity index (χ0v) is 8.88. The predicted molar refractivity (Wildman–Crippen MR) is 54.3 cm³/mol. The maximum atomic E-state index is 11.3. The first-order chi connectivity index (χ1) is 6.74. The molecule has 2 N–H and O–H groups in total. The maximum absolute atomic E-state index is 11.3. The Morgan fingerprint density at radius 2 is 2.43 bits per heavy atom. The van der Waals surface area contributed by atoms with E-state index in [9.17, 15) is 4.79 Å². The molecule has 14 heavy (non-hydrogen) atoms. The van der Waals surface area contributed by atoms with Crippen molar-refractivity contribution >= 4 is 6.03 Å². The lowest BCUT2D eigenvalue weighted by Crippen LogP contribution is -2.31. The van der Waals surface area contributed by atoms with Gasteiger partial charge in [-0.3, -0.25) is 0 Å². The molecule has 82 valence electrons. The Bertz CT molecular complexity index is 187. The van der Waals surface area contributed by atoms with Gasteiger partial charge in [-0.15, -0.1) is 0 Å². The molecule has 0 bridgehead atoms. The predicted octanol–water partition coefficient (Wildman–Crippen LogP) is -0.364. The summed E-state index contributed by atoms with van der Waals surface area (Å²) >= 11 is 0. The fraction of sp³-hybridized carbons (Fsp3) is 0.889. The topological polar surface area (TPSA) is 53.6 Å². The molecule has 1 unspecified atom stereocenters. The summed E-state index contributed by atoms with van der Waals surface area (Å²) in [5.74, 6) is 0. The molecule has 0 aliphatic carbocycles. The van der Waals surface area contributed by atoms with Crippen LogP contribution in [-0.2, 0) is 4.74 Å². The first kappa shape index (κ1) is 11.3. The SMILES string of the molecule is CNCCOCCN1CC(C)NC1=O. The van der Waals surface area contributed by atoms with E-state index in [-0.39, 0.29) is 12.1 Å². The first-order valence-electron chi connectivity index (χ1n) is 5.02. The molecule has 2 amide bonds. The highest BCUT2D eigenvalue weighted by molar-refractivity contribution is 5.76. The number of likely N-dealkylation sites (N-methyl/N-ethyl adjacent to an activating group) is 1. The van der Waals surface area contributed by atoms with Gasteiger partial charge in [-0.2, -0.15) is 0 Å². The third-order valence-corrected chi connectivity index (χ3v) is 2.15. The van der Waals surface area contributed by atoms with Crippen molar-refractivity contribution in [1.29, 1.82) is 0 Å². The zero-order valence-electron chi connectivity index (χ0n) is 8.88. The van der Waals surface area contributed by atoms with Crippen molar-refractivity contribution in [3.8, 4) is 0 Å². The molecule has 0 aromatic heterocycles. The van der Waals surface area contributed by atoms with Crippen molar-refractivity contribution in [2.45, 2.75) is 13.0 Å². The Labute approximate surface area is 84.8 Å². The van der Waals surface area contributed by atoms with Crippen LogP contribution < -0.4 is 10.6 Å². The van der Waals surface area contributed by atoms with E-state index in [4.69, 9.17) is 4.74 Å². The van der Waals surface area contributed by atoms with Gasteiger partial charge in [0.15, 0.2) is 0 Å². The van der Waals surface area contributed by atoms with Gasteiger partial charge in [0.2, 0.25) is 0 Å². The van der Waals surface area contributed by atoms with Gasteiger partial charge in [0, 0.05) is 25.7 Å². The van der Waals surface area contributed by atoms with E-state index in [1.807, 2.05) is 14.0 Å². The number of ether oxygens (including phenoxy) is 1. The number of carbonyl (C=O) groups excluding carboxylic acids is 1. The second-order valence-electron chi connectivity index (χ2n) is 3.51. The zero-order chi connectivity index (χ0) is 10.4. The van der Waals surface area contributed by atoms with E-state index in [1.54, 1.807) is 4.90 Å². The van der Waals surface area contributed by atoms with Crippen LogP contribution in [0.1, 0.15) is 6.92 Å². The molecule has 0 radical (unpaired) electrons. The summed E-state index contributed by atoms with van der Waals surface area (Å²) in [6.45, 7) is 5.62. The smallest absolute Gasteiger partial charge is 0.317 e. The molecule has 0 aromatic rings. The van der Waals surface area contributed by atoms with E-state index < -0.39 is 0 Å². The third kappa shape index (κ3) is 3.51. The standard InChI is InChI=1S/C9H19N3O2/c1-8-7-12(9(13)11-8)4-6-14-5-3-10-2/h8,10H,3-7H2,1-2H3,(H,11,13). The summed E-state index contributed by atoms with van der Waals surface area (Å²) in [6.07, 6.45) is 0. The average molecular weight is 201 g/mol. The minimum Gasteiger partial charge on any atom is -0.378 e. The average Bonchev–Trinajstić information content (AvgIpc) is 2.45. The number of carbonyl (C=O) groups is 1. The molecular weight excluding hydrogens is 182 g/mol. The Hall–Kier alpha value is -0.810. The van der Waals surface area contributed by atoms with Crippen LogP contribution in [0.3, 0.4) is 0 Å². The van der Waals surface area contributed by atoms with Crippen LogP contribution in [0.15, 0.2) is 0 Å². The molecule has 5 heteroatoms. The third-order valence-electron chi connectivity index (χ3n) is 2.15. The van der Waals surface area contributed by atoms with E-state index >= 15 is 0 Å². The van der Waals surface area contributed by atoms with E-state index in [2.05, 4.69) is 10.6 Å². The Morgan fingerprint density at radius 1 is 1.64 bits per heavy atom. The van der Waals surface area contributed by atoms with Crippen molar-refractivity contribution < 1.29 is 9.53 Å². The van der Waals surface area contributed by atoms with Gasteiger partial charge >= 0.3 is 6.03 Å². The summed E-state index contributed by atoms with van der Waals surface area (Å²) in [7, 11) is 1.89. The number of hydrogen-bond acceptors (Lipinski definition) is 3. The number of amides is 2. The molecule has 0 aromatic carbocycles. The molecule has 0 spiro atoms. The van der Waals surface area contributed by atoms with Crippen LogP contribution in [0.4, 0.5) is 4.79 Å².